The smallest absolute Gasteiger partial charge is 0.267 e. The zero-order valence-corrected chi connectivity index (χ0v) is 16.7. The van der Waals surface area contributed by atoms with Crippen LogP contribution < -0.4 is 5.32 Å². The number of amides is 1. The predicted octanol–water partition coefficient (Wildman–Crippen LogP) is 5.27. The summed E-state index contributed by atoms with van der Waals surface area (Å²) in [6.45, 7) is 2.54. The summed E-state index contributed by atoms with van der Waals surface area (Å²) >= 11 is 7.43. The van der Waals surface area contributed by atoms with E-state index >= 15 is 0 Å². The summed E-state index contributed by atoms with van der Waals surface area (Å²) in [6.07, 6.45) is 5.42. The molecule has 0 aliphatic carbocycles. The van der Waals surface area contributed by atoms with Crippen molar-refractivity contribution >= 4 is 34.5 Å². The lowest BCUT2D eigenvalue weighted by atomic mass is 10.2. The molecule has 1 N–H and O–H groups in total. The Labute approximate surface area is 171 Å². The lowest BCUT2D eigenvalue weighted by Gasteiger charge is -2.07. The molecule has 2 aromatic heterocycles. The molecule has 0 aliphatic heterocycles. The molecule has 140 valence electrons. The highest BCUT2D eigenvalue weighted by molar-refractivity contribution is 7.17. The van der Waals surface area contributed by atoms with Crippen LogP contribution in [0.3, 0.4) is 0 Å². The summed E-state index contributed by atoms with van der Waals surface area (Å²) in [6, 6.07) is 15.3. The second-order valence-electron chi connectivity index (χ2n) is 6.33. The molecule has 0 spiro atoms. The monoisotopic (exact) mass is 408 g/mol. The van der Waals surface area contributed by atoms with Gasteiger partial charge in [0.15, 0.2) is 0 Å². The number of aryl methyl sites for hydroxylation is 1. The summed E-state index contributed by atoms with van der Waals surface area (Å²) in [5.74, 6) is -0.164. The second kappa shape index (κ2) is 7.96. The fourth-order valence-electron chi connectivity index (χ4n) is 2.88. The molecule has 2 aromatic carbocycles. The molecule has 0 atom stereocenters. The van der Waals surface area contributed by atoms with Gasteiger partial charge in [-0.1, -0.05) is 35.9 Å². The lowest BCUT2D eigenvalue weighted by Crippen LogP contribution is -2.11. The van der Waals surface area contributed by atoms with Gasteiger partial charge in [0, 0.05) is 35.2 Å². The van der Waals surface area contributed by atoms with E-state index in [2.05, 4.69) is 15.3 Å². The third-order valence-electron chi connectivity index (χ3n) is 4.18. The standard InChI is InChI=1S/C21H17ClN4OS/c1-14-19(28-21(24-14)16-5-3-6-17(22)11-16)20(27)25-18-7-2-4-15(10-18)12-26-9-8-23-13-26/h2-11,13H,12H2,1H3,(H,25,27). The zero-order chi connectivity index (χ0) is 19.5. The van der Waals surface area contributed by atoms with Crippen molar-refractivity contribution in [2.45, 2.75) is 13.5 Å². The van der Waals surface area contributed by atoms with Gasteiger partial charge in [0.1, 0.15) is 9.88 Å². The van der Waals surface area contributed by atoms with Crippen LogP contribution >= 0.6 is 22.9 Å². The summed E-state index contributed by atoms with van der Waals surface area (Å²) in [4.78, 5) is 22.0. The van der Waals surface area contributed by atoms with E-state index in [0.29, 0.717) is 22.1 Å². The molecule has 0 saturated carbocycles. The minimum Gasteiger partial charge on any atom is -0.333 e. The number of aromatic nitrogens is 3. The average molecular weight is 409 g/mol. The molecule has 5 nitrogen and oxygen atoms in total. The first-order valence-corrected chi connectivity index (χ1v) is 9.87. The Bertz CT molecular complexity index is 1120. The first-order valence-electron chi connectivity index (χ1n) is 8.68. The van der Waals surface area contributed by atoms with Gasteiger partial charge in [-0.2, -0.15) is 0 Å². The molecule has 0 aliphatic rings. The number of carbonyl (C=O) groups is 1. The van der Waals surface area contributed by atoms with Crippen molar-refractivity contribution in [2.24, 2.45) is 0 Å². The third-order valence-corrected chi connectivity index (χ3v) is 5.62. The highest BCUT2D eigenvalue weighted by atomic mass is 35.5. The van der Waals surface area contributed by atoms with E-state index in [1.54, 1.807) is 12.5 Å². The highest BCUT2D eigenvalue weighted by Crippen LogP contribution is 2.30. The van der Waals surface area contributed by atoms with E-state index in [4.69, 9.17) is 11.6 Å². The Morgan fingerprint density at radius 1 is 1.21 bits per heavy atom. The van der Waals surface area contributed by atoms with Gasteiger partial charge in [0.25, 0.3) is 5.91 Å². The SMILES string of the molecule is Cc1nc(-c2cccc(Cl)c2)sc1C(=O)Nc1cccc(Cn2ccnc2)c1. The van der Waals surface area contributed by atoms with Crippen molar-refractivity contribution in [3.8, 4) is 10.6 Å². The van der Waals surface area contributed by atoms with Crippen LogP contribution in [0.25, 0.3) is 10.6 Å². The molecule has 0 bridgehead atoms. The van der Waals surface area contributed by atoms with Crippen LogP contribution in [0, 0.1) is 6.92 Å². The summed E-state index contributed by atoms with van der Waals surface area (Å²) in [7, 11) is 0. The van der Waals surface area contributed by atoms with Crippen LogP contribution in [0.1, 0.15) is 20.9 Å². The average Bonchev–Trinajstić information content (AvgIpc) is 3.31. The maximum atomic E-state index is 12.8. The Kier molecular flexibility index (Phi) is 5.23. The number of nitrogens with zero attached hydrogens (tertiary/aromatic N) is 3. The molecular formula is C21H17ClN4OS. The molecule has 0 radical (unpaired) electrons. The Hall–Kier alpha value is -2.96. The number of thiazole rings is 1. The number of imidazole rings is 1. The molecule has 4 rings (SSSR count). The number of rotatable bonds is 5. The van der Waals surface area contributed by atoms with E-state index < -0.39 is 0 Å². The Morgan fingerprint density at radius 2 is 2.07 bits per heavy atom. The van der Waals surface area contributed by atoms with Crippen LogP contribution in [-0.2, 0) is 6.54 Å². The van der Waals surface area contributed by atoms with Crippen molar-refractivity contribution < 1.29 is 4.79 Å². The molecule has 1 amide bonds. The van der Waals surface area contributed by atoms with Gasteiger partial charge in [0.2, 0.25) is 0 Å². The van der Waals surface area contributed by atoms with Crippen LogP contribution in [0.2, 0.25) is 5.02 Å². The minimum absolute atomic E-state index is 0.164. The van der Waals surface area contributed by atoms with Crippen molar-refractivity contribution in [3.63, 3.8) is 0 Å². The van der Waals surface area contributed by atoms with E-state index in [9.17, 15) is 4.79 Å². The number of benzene rings is 2. The van der Waals surface area contributed by atoms with Gasteiger partial charge in [0.05, 0.1) is 12.0 Å². The molecule has 28 heavy (non-hydrogen) atoms. The van der Waals surface area contributed by atoms with Gasteiger partial charge in [-0.25, -0.2) is 9.97 Å². The van der Waals surface area contributed by atoms with Crippen molar-refractivity contribution in [1.82, 2.24) is 14.5 Å². The molecule has 7 heteroatoms. The lowest BCUT2D eigenvalue weighted by molar-refractivity contribution is 0.103. The first kappa shape index (κ1) is 18.4. The first-order chi connectivity index (χ1) is 13.6. The number of hydrogen-bond acceptors (Lipinski definition) is 4. The maximum Gasteiger partial charge on any atom is 0.267 e. The van der Waals surface area contributed by atoms with Crippen LogP contribution in [0.4, 0.5) is 5.69 Å². The van der Waals surface area contributed by atoms with E-state index in [1.807, 2.05) is 66.2 Å². The van der Waals surface area contributed by atoms with Gasteiger partial charge in [-0.05, 0) is 36.8 Å². The fraction of sp³-hybridized carbons (Fsp3) is 0.0952. The summed E-state index contributed by atoms with van der Waals surface area (Å²) < 4.78 is 1.98. The van der Waals surface area contributed by atoms with Crippen LogP contribution in [-0.4, -0.2) is 20.4 Å². The topological polar surface area (TPSA) is 59.8 Å². The quantitative estimate of drug-likeness (QED) is 0.489. The largest absolute Gasteiger partial charge is 0.333 e. The Balaban J connectivity index is 1.53. The molecule has 0 fully saturated rings. The van der Waals surface area contributed by atoms with E-state index in [1.165, 1.54) is 11.3 Å². The van der Waals surface area contributed by atoms with E-state index in [-0.39, 0.29) is 5.91 Å². The predicted molar refractivity (Wildman–Crippen MR) is 113 cm³/mol. The second-order valence-corrected chi connectivity index (χ2v) is 7.77. The van der Waals surface area contributed by atoms with E-state index in [0.717, 1.165) is 21.8 Å². The number of anilines is 1. The number of nitrogens with one attached hydrogen (secondary N) is 1. The minimum atomic E-state index is -0.164. The number of carbonyl (C=O) groups excluding carboxylic acids is 1. The summed E-state index contributed by atoms with van der Waals surface area (Å²) in [5, 5.41) is 4.40. The van der Waals surface area contributed by atoms with Crippen LogP contribution in [0.15, 0.2) is 67.3 Å². The van der Waals surface area contributed by atoms with Crippen molar-refractivity contribution in [1.29, 1.82) is 0 Å². The van der Waals surface area contributed by atoms with Gasteiger partial charge >= 0.3 is 0 Å². The number of halogens is 1. The maximum absolute atomic E-state index is 12.8. The summed E-state index contributed by atoms with van der Waals surface area (Å²) in [5.41, 5.74) is 3.44. The molecule has 0 saturated heterocycles. The zero-order valence-electron chi connectivity index (χ0n) is 15.1. The fourth-order valence-corrected chi connectivity index (χ4v) is 4.03. The molecule has 0 unspecified atom stereocenters. The van der Waals surface area contributed by atoms with Crippen molar-refractivity contribution in [2.75, 3.05) is 5.32 Å². The number of hydrogen-bond donors (Lipinski definition) is 1. The normalized spacial score (nSPS) is 10.8. The third kappa shape index (κ3) is 4.13. The molecule has 2 heterocycles. The van der Waals surface area contributed by atoms with Gasteiger partial charge in [-0.15, -0.1) is 11.3 Å². The highest BCUT2D eigenvalue weighted by Gasteiger charge is 2.16. The van der Waals surface area contributed by atoms with Crippen LogP contribution in [0.5, 0.6) is 0 Å². The Morgan fingerprint density at radius 3 is 2.86 bits per heavy atom. The molecular weight excluding hydrogens is 392 g/mol. The van der Waals surface area contributed by atoms with Gasteiger partial charge < -0.3 is 9.88 Å². The molecule has 4 aromatic rings. The van der Waals surface area contributed by atoms with Crippen molar-refractivity contribution in [3.05, 3.63) is 88.4 Å². The van der Waals surface area contributed by atoms with Gasteiger partial charge in [-0.3, -0.25) is 4.79 Å².